The van der Waals surface area contributed by atoms with Crippen molar-refractivity contribution in [3.05, 3.63) is 89.0 Å². The van der Waals surface area contributed by atoms with Crippen LogP contribution in [0.5, 0.6) is 0 Å². The molecule has 0 radical (unpaired) electrons. The van der Waals surface area contributed by atoms with Gasteiger partial charge in [-0.1, -0.05) is 54.6 Å². The van der Waals surface area contributed by atoms with Crippen molar-refractivity contribution < 1.29 is 19.1 Å². The first kappa shape index (κ1) is 21.2. The van der Waals surface area contributed by atoms with Crippen molar-refractivity contribution >= 4 is 17.8 Å². The molecule has 1 aliphatic heterocycles. The molecule has 1 aliphatic carbocycles. The number of benzene rings is 2. The van der Waals surface area contributed by atoms with Gasteiger partial charge in [0.15, 0.2) is 0 Å². The highest BCUT2D eigenvalue weighted by Gasteiger charge is 2.52. The number of hydrogen-bond donors (Lipinski definition) is 0. The second kappa shape index (κ2) is 8.98. The Morgan fingerprint density at radius 3 is 1.81 bits per heavy atom. The Hall–Kier alpha value is -4.05. The Balaban J connectivity index is 1.91. The number of amides is 2. The molecule has 0 saturated carbocycles. The molecule has 162 valence electrons. The lowest BCUT2D eigenvalue weighted by atomic mass is 9.89. The maximum atomic E-state index is 12.8. The number of carbonyl (C=O) groups is 2. The minimum atomic E-state index is -0.609. The molecule has 7 heteroatoms. The van der Waals surface area contributed by atoms with Crippen molar-refractivity contribution in [2.45, 2.75) is 25.9 Å². The lowest BCUT2D eigenvalue weighted by Gasteiger charge is -2.32. The molecule has 2 bridgehead atoms. The average molecular weight is 429 g/mol. The average Bonchev–Trinajstić information content (AvgIpc) is 3.37. The maximum Gasteiger partial charge on any atom is 0.429 e. The lowest BCUT2D eigenvalue weighted by Crippen LogP contribution is -2.52. The van der Waals surface area contributed by atoms with Gasteiger partial charge in [-0.05, 0) is 48.3 Å². The summed E-state index contributed by atoms with van der Waals surface area (Å²) in [6.45, 7) is 3.82. The van der Waals surface area contributed by atoms with Crippen LogP contribution in [-0.4, -0.2) is 47.5 Å². The third kappa shape index (κ3) is 3.60. The van der Waals surface area contributed by atoms with Crippen molar-refractivity contribution in [1.29, 1.82) is 5.26 Å². The zero-order valence-corrected chi connectivity index (χ0v) is 17.9. The minimum Gasteiger partial charge on any atom is -0.448 e. The summed E-state index contributed by atoms with van der Waals surface area (Å²) in [6.07, 6.45) is 2.59. The number of rotatable bonds is 4. The van der Waals surface area contributed by atoms with E-state index < -0.39 is 24.3 Å². The molecule has 2 atom stereocenters. The van der Waals surface area contributed by atoms with Gasteiger partial charge in [0.05, 0.1) is 36.9 Å². The van der Waals surface area contributed by atoms with Crippen molar-refractivity contribution in [1.82, 2.24) is 10.0 Å². The zero-order valence-electron chi connectivity index (χ0n) is 17.9. The van der Waals surface area contributed by atoms with Crippen molar-refractivity contribution in [3.63, 3.8) is 0 Å². The van der Waals surface area contributed by atoms with E-state index in [0.717, 1.165) is 22.3 Å². The van der Waals surface area contributed by atoms with Gasteiger partial charge in [-0.25, -0.2) is 19.6 Å². The molecule has 1 heterocycles. The van der Waals surface area contributed by atoms with Crippen molar-refractivity contribution in [2.24, 2.45) is 0 Å². The monoisotopic (exact) mass is 429 g/mol. The summed E-state index contributed by atoms with van der Waals surface area (Å²) in [5, 5.41) is 11.8. The molecular weight excluding hydrogens is 406 g/mol. The largest absolute Gasteiger partial charge is 0.448 e. The first-order chi connectivity index (χ1) is 15.6. The third-order valence-corrected chi connectivity index (χ3v) is 5.44. The smallest absolute Gasteiger partial charge is 0.429 e. The number of hydrogen-bond acceptors (Lipinski definition) is 5. The quantitative estimate of drug-likeness (QED) is 0.668. The summed E-state index contributed by atoms with van der Waals surface area (Å²) in [5.41, 5.74) is 4.16. The van der Waals surface area contributed by atoms with Gasteiger partial charge in [0.2, 0.25) is 0 Å². The fourth-order valence-corrected chi connectivity index (χ4v) is 4.18. The van der Waals surface area contributed by atoms with Crippen molar-refractivity contribution in [2.75, 3.05) is 13.2 Å². The van der Waals surface area contributed by atoms with E-state index in [2.05, 4.69) is 6.07 Å². The van der Waals surface area contributed by atoms with E-state index in [4.69, 9.17) is 9.47 Å². The molecule has 2 aromatic carbocycles. The summed E-state index contributed by atoms with van der Waals surface area (Å²) < 4.78 is 10.5. The molecule has 2 aromatic rings. The second-order valence-electron chi connectivity index (χ2n) is 7.25. The normalized spacial score (nSPS) is 20.2. The molecule has 1 saturated heterocycles. The Morgan fingerprint density at radius 2 is 1.34 bits per heavy atom. The molecule has 2 amide bonds. The van der Waals surface area contributed by atoms with Crippen LogP contribution in [-0.2, 0) is 9.47 Å². The molecule has 7 nitrogen and oxygen atoms in total. The van der Waals surface area contributed by atoms with E-state index in [0.29, 0.717) is 5.56 Å². The highest BCUT2D eigenvalue weighted by atomic mass is 16.6. The fourth-order valence-electron chi connectivity index (χ4n) is 4.18. The summed E-state index contributed by atoms with van der Waals surface area (Å²) in [7, 11) is 0. The molecule has 0 aromatic heterocycles. The lowest BCUT2D eigenvalue weighted by molar-refractivity contribution is -0.0130. The molecular formula is C25H23N3O4. The number of carbonyl (C=O) groups excluding carboxylic acids is 2. The van der Waals surface area contributed by atoms with Crippen LogP contribution >= 0.6 is 0 Å². The molecule has 0 unspecified atom stereocenters. The predicted octanol–water partition coefficient (Wildman–Crippen LogP) is 4.51. The van der Waals surface area contributed by atoms with Crippen LogP contribution < -0.4 is 0 Å². The highest BCUT2D eigenvalue weighted by Crippen LogP contribution is 2.44. The molecule has 1 fully saturated rings. The van der Waals surface area contributed by atoms with Gasteiger partial charge < -0.3 is 9.47 Å². The number of nitrogens with zero attached hydrogens (tertiary/aromatic N) is 3. The summed E-state index contributed by atoms with van der Waals surface area (Å²) >= 11 is 0. The van der Waals surface area contributed by atoms with Gasteiger partial charge in [0, 0.05) is 0 Å². The van der Waals surface area contributed by atoms with E-state index >= 15 is 0 Å². The van der Waals surface area contributed by atoms with Crippen LogP contribution in [0.3, 0.4) is 0 Å². The maximum absolute atomic E-state index is 12.8. The van der Waals surface area contributed by atoms with Crippen LogP contribution in [0.2, 0.25) is 0 Å². The number of nitriles is 1. The molecule has 0 spiro atoms. The van der Waals surface area contributed by atoms with E-state index in [1.54, 1.807) is 26.0 Å². The van der Waals surface area contributed by atoms with Crippen LogP contribution in [0.15, 0.2) is 72.3 Å². The van der Waals surface area contributed by atoms with Gasteiger partial charge in [-0.2, -0.15) is 5.26 Å². The Bertz CT molecular complexity index is 1080. The Kier molecular flexibility index (Phi) is 5.95. The number of fused-ring (bicyclic) bond motifs is 2. The van der Waals surface area contributed by atoms with Crippen LogP contribution in [0, 0.1) is 11.3 Å². The molecule has 4 rings (SSSR count). The van der Waals surface area contributed by atoms with E-state index in [-0.39, 0.29) is 13.2 Å². The standard InChI is InChI=1S/C25H23N3O4/c1-3-31-24(29)27-20-14-15-21(28(27)25(30)32-4-2)23(20)22(18-8-6-5-7-9-18)19-12-10-17(16-26)11-13-19/h5-15,20-21H,3-4H2,1-2H3/t20-,21+. The topological polar surface area (TPSA) is 82.9 Å². The van der Waals surface area contributed by atoms with Crippen LogP contribution in [0.4, 0.5) is 9.59 Å². The number of ether oxygens (including phenoxy) is 2. The van der Waals surface area contributed by atoms with E-state index in [1.165, 1.54) is 10.0 Å². The van der Waals surface area contributed by atoms with Gasteiger partial charge in [0.25, 0.3) is 0 Å². The molecule has 32 heavy (non-hydrogen) atoms. The zero-order chi connectivity index (χ0) is 22.7. The third-order valence-electron chi connectivity index (χ3n) is 5.44. The first-order valence-electron chi connectivity index (χ1n) is 10.5. The molecule has 0 N–H and O–H groups in total. The second-order valence-corrected chi connectivity index (χ2v) is 7.25. The van der Waals surface area contributed by atoms with Gasteiger partial charge in [-0.15, -0.1) is 0 Å². The highest BCUT2D eigenvalue weighted by molar-refractivity contribution is 5.88. The van der Waals surface area contributed by atoms with Gasteiger partial charge in [0.1, 0.15) is 0 Å². The van der Waals surface area contributed by atoms with Gasteiger partial charge in [-0.3, -0.25) is 0 Å². The summed E-state index contributed by atoms with van der Waals surface area (Å²) in [4.78, 5) is 25.7. The van der Waals surface area contributed by atoms with Crippen LogP contribution in [0.25, 0.3) is 5.57 Å². The number of hydrazine groups is 1. The first-order valence-corrected chi connectivity index (χ1v) is 10.5. The van der Waals surface area contributed by atoms with E-state index in [9.17, 15) is 14.9 Å². The fraction of sp³-hybridized carbons (Fsp3) is 0.240. The summed E-state index contributed by atoms with van der Waals surface area (Å²) in [5.74, 6) is 0. The minimum absolute atomic E-state index is 0.188. The SMILES string of the molecule is CCOC(=O)N1[C@@H]2C=C[C@@H](C2=C(c2ccccc2)c2ccc(C#N)cc2)N1C(=O)OCC. The summed E-state index contributed by atoms with van der Waals surface area (Å²) in [6, 6.07) is 18.2. The molecule has 2 aliphatic rings. The van der Waals surface area contributed by atoms with E-state index in [1.807, 2.05) is 54.6 Å². The van der Waals surface area contributed by atoms with Crippen molar-refractivity contribution in [3.8, 4) is 6.07 Å². The Labute approximate surface area is 186 Å². The Morgan fingerprint density at radius 1 is 0.844 bits per heavy atom. The van der Waals surface area contributed by atoms with Crippen LogP contribution in [0.1, 0.15) is 30.5 Å². The predicted molar refractivity (Wildman–Crippen MR) is 118 cm³/mol. The van der Waals surface area contributed by atoms with Gasteiger partial charge >= 0.3 is 12.2 Å².